The van der Waals surface area contributed by atoms with Crippen molar-refractivity contribution in [3.8, 4) is 0 Å². The molecule has 2 N–H and O–H groups in total. The number of nitrogens with one attached hydrogen (secondary N) is 1. The number of hydrogen-bond acceptors (Lipinski definition) is 3. The van der Waals surface area contributed by atoms with Crippen LogP contribution in [0.5, 0.6) is 0 Å². The molecule has 0 aromatic heterocycles. The van der Waals surface area contributed by atoms with Gasteiger partial charge >= 0.3 is 0 Å². The van der Waals surface area contributed by atoms with E-state index in [1.54, 1.807) is 7.11 Å². The Morgan fingerprint density at radius 3 is 2.57 bits per heavy atom. The Balaban J connectivity index is 1.69. The van der Waals surface area contributed by atoms with E-state index in [9.17, 15) is 5.11 Å². The zero-order chi connectivity index (χ0) is 9.97. The van der Waals surface area contributed by atoms with Gasteiger partial charge in [0.25, 0.3) is 0 Å². The van der Waals surface area contributed by atoms with Crippen molar-refractivity contribution in [2.45, 2.75) is 62.8 Å². The average molecular weight is 199 g/mol. The number of methoxy groups -OCH3 is 1. The highest BCUT2D eigenvalue weighted by Gasteiger charge is 2.33. The van der Waals surface area contributed by atoms with Crippen LogP contribution in [-0.2, 0) is 4.74 Å². The maximum Gasteiger partial charge on any atom is 0.0693 e. The van der Waals surface area contributed by atoms with Gasteiger partial charge in [0.05, 0.1) is 12.2 Å². The lowest BCUT2D eigenvalue weighted by Gasteiger charge is -2.40. The summed E-state index contributed by atoms with van der Waals surface area (Å²) in [7, 11) is 1.77. The first-order valence-electron chi connectivity index (χ1n) is 5.76. The monoisotopic (exact) mass is 199 g/mol. The van der Waals surface area contributed by atoms with Crippen molar-refractivity contribution in [2.75, 3.05) is 7.11 Å². The lowest BCUT2D eigenvalue weighted by atomic mass is 9.85. The van der Waals surface area contributed by atoms with E-state index in [4.69, 9.17) is 4.74 Å². The maximum absolute atomic E-state index is 9.77. The zero-order valence-corrected chi connectivity index (χ0v) is 8.91. The van der Waals surface area contributed by atoms with Crippen LogP contribution in [0.3, 0.4) is 0 Å². The van der Waals surface area contributed by atoms with Gasteiger partial charge < -0.3 is 15.2 Å². The summed E-state index contributed by atoms with van der Waals surface area (Å²) in [6.07, 6.45) is 7.10. The molecule has 0 heterocycles. The van der Waals surface area contributed by atoms with Crippen molar-refractivity contribution in [3.63, 3.8) is 0 Å². The van der Waals surface area contributed by atoms with Crippen molar-refractivity contribution in [2.24, 2.45) is 0 Å². The lowest BCUT2D eigenvalue weighted by Crippen LogP contribution is -2.53. The molecule has 3 nitrogen and oxygen atoms in total. The van der Waals surface area contributed by atoms with E-state index >= 15 is 0 Å². The largest absolute Gasteiger partial charge is 0.392 e. The second kappa shape index (κ2) is 4.60. The van der Waals surface area contributed by atoms with Gasteiger partial charge in [0, 0.05) is 19.2 Å². The van der Waals surface area contributed by atoms with Gasteiger partial charge in [-0.25, -0.2) is 0 Å². The van der Waals surface area contributed by atoms with Crippen LogP contribution in [0.15, 0.2) is 0 Å². The Bertz CT molecular complexity index is 180. The summed E-state index contributed by atoms with van der Waals surface area (Å²) in [6.45, 7) is 0. The first-order chi connectivity index (χ1) is 6.79. The Hall–Kier alpha value is -0.120. The number of rotatable bonds is 3. The van der Waals surface area contributed by atoms with Crippen LogP contribution in [0.1, 0.15) is 38.5 Å². The molecule has 0 radical (unpaired) electrons. The SMILES string of the molecule is COC1CC(N[C@@H]2CCCC[C@H]2O)C1. The lowest BCUT2D eigenvalue weighted by molar-refractivity contribution is 0.00108. The molecule has 0 aromatic rings. The highest BCUT2D eigenvalue weighted by atomic mass is 16.5. The summed E-state index contributed by atoms with van der Waals surface area (Å²) in [5.74, 6) is 0. The number of hydrogen-bond donors (Lipinski definition) is 2. The molecule has 2 fully saturated rings. The topological polar surface area (TPSA) is 41.5 Å². The fraction of sp³-hybridized carbons (Fsp3) is 1.00. The van der Waals surface area contributed by atoms with E-state index in [0.717, 1.165) is 25.7 Å². The highest BCUT2D eigenvalue weighted by Crippen LogP contribution is 2.26. The van der Waals surface area contributed by atoms with Gasteiger partial charge in [-0.3, -0.25) is 0 Å². The highest BCUT2D eigenvalue weighted by molar-refractivity contribution is 4.91. The molecule has 0 spiro atoms. The number of ether oxygens (including phenoxy) is 1. The Morgan fingerprint density at radius 1 is 1.21 bits per heavy atom. The molecule has 2 aliphatic rings. The van der Waals surface area contributed by atoms with E-state index in [-0.39, 0.29) is 6.10 Å². The number of aliphatic hydroxyl groups excluding tert-OH is 1. The predicted octanol–water partition coefficient (Wildman–Crippen LogP) is 1.06. The van der Waals surface area contributed by atoms with Gasteiger partial charge in [-0.05, 0) is 25.7 Å². The van der Waals surface area contributed by atoms with Crippen molar-refractivity contribution in [1.82, 2.24) is 5.32 Å². The van der Waals surface area contributed by atoms with Crippen molar-refractivity contribution in [3.05, 3.63) is 0 Å². The summed E-state index contributed by atoms with van der Waals surface area (Å²) in [5.41, 5.74) is 0. The van der Waals surface area contributed by atoms with Gasteiger partial charge in [0.2, 0.25) is 0 Å². The van der Waals surface area contributed by atoms with Crippen LogP contribution < -0.4 is 5.32 Å². The summed E-state index contributed by atoms with van der Waals surface area (Å²) in [4.78, 5) is 0. The van der Waals surface area contributed by atoms with E-state index in [2.05, 4.69) is 5.32 Å². The summed E-state index contributed by atoms with van der Waals surface area (Å²) in [5, 5.41) is 13.3. The van der Waals surface area contributed by atoms with Gasteiger partial charge in [-0.2, -0.15) is 0 Å². The molecule has 2 atom stereocenters. The molecule has 0 saturated heterocycles. The predicted molar refractivity (Wildman–Crippen MR) is 55.2 cm³/mol. The van der Waals surface area contributed by atoms with E-state index < -0.39 is 0 Å². The van der Waals surface area contributed by atoms with Crippen molar-refractivity contribution in [1.29, 1.82) is 0 Å². The second-order valence-corrected chi connectivity index (χ2v) is 4.65. The van der Waals surface area contributed by atoms with Gasteiger partial charge in [-0.15, -0.1) is 0 Å². The minimum atomic E-state index is -0.120. The standard InChI is InChI=1S/C11H21NO2/c1-14-9-6-8(7-9)12-10-4-2-3-5-11(10)13/h8-13H,2-7H2,1H3/t8?,9?,10-,11-/m1/s1. The minimum Gasteiger partial charge on any atom is -0.392 e. The Morgan fingerprint density at radius 2 is 1.93 bits per heavy atom. The Kier molecular flexibility index (Phi) is 3.42. The molecule has 14 heavy (non-hydrogen) atoms. The first kappa shape index (κ1) is 10.4. The molecule has 2 aliphatic carbocycles. The molecule has 0 aliphatic heterocycles. The van der Waals surface area contributed by atoms with E-state index in [1.165, 1.54) is 12.8 Å². The molecule has 0 amide bonds. The molecular formula is C11H21NO2. The van der Waals surface area contributed by atoms with Crippen LogP contribution >= 0.6 is 0 Å². The maximum atomic E-state index is 9.77. The normalized spacial score (nSPS) is 43.3. The zero-order valence-electron chi connectivity index (χ0n) is 8.91. The van der Waals surface area contributed by atoms with Crippen molar-refractivity contribution < 1.29 is 9.84 Å². The Labute approximate surface area is 85.8 Å². The summed E-state index contributed by atoms with van der Waals surface area (Å²) < 4.78 is 5.23. The molecule has 0 bridgehead atoms. The van der Waals surface area contributed by atoms with E-state index in [0.29, 0.717) is 18.2 Å². The molecule has 3 heteroatoms. The van der Waals surface area contributed by atoms with Gasteiger partial charge in [0.1, 0.15) is 0 Å². The molecular weight excluding hydrogens is 178 g/mol. The van der Waals surface area contributed by atoms with Crippen molar-refractivity contribution >= 4 is 0 Å². The first-order valence-corrected chi connectivity index (χ1v) is 5.76. The minimum absolute atomic E-state index is 0.120. The molecule has 0 aromatic carbocycles. The molecule has 82 valence electrons. The second-order valence-electron chi connectivity index (χ2n) is 4.65. The van der Waals surface area contributed by atoms with Crippen LogP contribution in [0.4, 0.5) is 0 Å². The molecule has 2 rings (SSSR count). The molecule has 2 saturated carbocycles. The van der Waals surface area contributed by atoms with E-state index in [1.807, 2.05) is 0 Å². The van der Waals surface area contributed by atoms with Crippen LogP contribution in [0, 0.1) is 0 Å². The summed E-state index contributed by atoms with van der Waals surface area (Å²) >= 11 is 0. The van der Waals surface area contributed by atoms with Gasteiger partial charge in [-0.1, -0.05) is 12.8 Å². The third kappa shape index (κ3) is 2.27. The quantitative estimate of drug-likeness (QED) is 0.714. The van der Waals surface area contributed by atoms with Crippen LogP contribution in [-0.4, -0.2) is 36.5 Å². The van der Waals surface area contributed by atoms with Gasteiger partial charge in [0.15, 0.2) is 0 Å². The number of aliphatic hydroxyl groups is 1. The smallest absolute Gasteiger partial charge is 0.0693 e. The van der Waals surface area contributed by atoms with Crippen LogP contribution in [0.2, 0.25) is 0 Å². The van der Waals surface area contributed by atoms with Crippen LogP contribution in [0.25, 0.3) is 0 Å². The third-order valence-electron chi connectivity index (χ3n) is 3.61. The molecule has 0 unspecified atom stereocenters. The average Bonchev–Trinajstić information content (AvgIpc) is 2.13. The fourth-order valence-corrected chi connectivity index (χ4v) is 2.50. The fourth-order valence-electron chi connectivity index (χ4n) is 2.50. The third-order valence-corrected chi connectivity index (χ3v) is 3.61. The summed E-state index contributed by atoms with van der Waals surface area (Å²) in [6, 6.07) is 0.921.